The van der Waals surface area contributed by atoms with Crippen LogP contribution in [0.15, 0.2) is 28.7 Å². The molecular formula is C12H9BrF3N5. The van der Waals surface area contributed by atoms with Crippen LogP contribution in [0.2, 0.25) is 0 Å². The van der Waals surface area contributed by atoms with Crippen molar-refractivity contribution in [3.8, 4) is 0 Å². The Hall–Kier alpha value is -2.03. The number of H-pyrrole nitrogens is 1. The van der Waals surface area contributed by atoms with Crippen LogP contribution in [0.3, 0.4) is 0 Å². The minimum Gasteiger partial charge on any atom is -0.383 e. The number of alkyl halides is 3. The minimum atomic E-state index is -4.58. The van der Waals surface area contributed by atoms with Gasteiger partial charge in [-0.3, -0.25) is 5.10 Å². The number of fused-ring (bicyclic) bond motifs is 1. The fourth-order valence-electron chi connectivity index (χ4n) is 2.06. The molecule has 0 unspecified atom stereocenters. The summed E-state index contributed by atoms with van der Waals surface area (Å²) in [5.41, 5.74) is 5.39. The summed E-state index contributed by atoms with van der Waals surface area (Å²) >= 11 is 3.30. The number of nitrogens with zero attached hydrogens (tertiary/aromatic N) is 3. The van der Waals surface area contributed by atoms with E-state index in [0.29, 0.717) is 0 Å². The number of nitrogen functional groups attached to an aromatic ring is 1. The third kappa shape index (κ3) is 2.48. The monoisotopic (exact) mass is 359 g/mol. The van der Waals surface area contributed by atoms with E-state index in [-0.39, 0.29) is 23.4 Å². The van der Waals surface area contributed by atoms with Gasteiger partial charge < -0.3 is 5.73 Å². The zero-order valence-electron chi connectivity index (χ0n) is 10.4. The fourth-order valence-corrected chi connectivity index (χ4v) is 2.32. The Bertz CT molecular complexity index is 788. The molecule has 0 atom stereocenters. The molecule has 0 radical (unpaired) electrons. The number of hydrogen-bond donors (Lipinski definition) is 2. The van der Waals surface area contributed by atoms with E-state index in [1.165, 1.54) is 4.68 Å². The number of aromatic amines is 1. The van der Waals surface area contributed by atoms with Crippen LogP contribution < -0.4 is 5.73 Å². The predicted molar refractivity (Wildman–Crippen MR) is 74.5 cm³/mol. The summed E-state index contributed by atoms with van der Waals surface area (Å²) in [6.45, 7) is 0.171. The van der Waals surface area contributed by atoms with Crippen molar-refractivity contribution < 1.29 is 13.2 Å². The van der Waals surface area contributed by atoms with Crippen LogP contribution in [0, 0.1) is 0 Å². The predicted octanol–water partition coefficient (Wildman–Crippen LogP) is 3.17. The van der Waals surface area contributed by atoms with E-state index in [1.54, 1.807) is 24.3 Å². The molecule has 0 saturated heterocycles. The molecule has 0 spiro atoms. The van der Waals surface area contributed by atoms with Crippen molar-refractivity contribution in [1.82, 2.24) is 20.0 Å². The number of aromatic nitrogens is 4. The van der Waals surface area contributed by atoms with Crippen LogP contribution in [0.1, 0.15) is 11.3 Å². The normalized spacial score (nSPS) is 12.2. The lowest BCUT2D eigenvalue weighted by Crippen LogP contribution is -2.10. The van der Waals surface area contributed by atoms with Crippen LogP contribution >= 0.6 is 15.9 Å². The van der Waals surface area contributed by atoms with Gasteiger partial charge >= 0.3 is 6.18 Å². The lowest BCUT2D eigenvalue weighted by atomic mass is 10.2. The quantitative estimate of drug-likeness (QED) is 0.737. The van der Waals surface area contributed by atoms with Crippen molar-refractivity contribution in [3.63, 3.8) is 0 Å². The molecule has 2 aromatic heterocycles. The van der Waals surface area contributed by atoms with Crippen LogP contribution in [0.4, 0.5) is 19.0 Å². The highest BCUT2D eigenvalue weighted by molar-refractivity contribution is 9.10. The van der Waals surface area contributed by atoms with Crippen LogP contribution in [-0.4, -0.2) is 20.0 Å². The van der Waals surface area contributed by atoms with Gasteiger partial charge in [0, 0.05) is 4.47 Å². The van der Waals surface area contributed by atoms with E-state index >= 15 is 0 Å². The average molecular weight is 360 g/mol. The number of halogens is 4. The topological polar surface area (TPSA) is 72.5 Å². The van der Waals surface area contributed by atoms with E-state index < -0.39 is 11.9 Å². The molecular weight excluding hydrogens is 351 g/mol. The Kier molecular flexibility index (Phi) is 3.16. The lowest BCUT2D eigenvalue weighted by molar-refractivity contribution is -0.140. The standard InChI is InChI=1S/C12H9BrF3N5/c13-7-3-1-6(2-4-7)5-21-11-8(10(17)18-19-11)9(20-21)12(14,15)16/h1-4H,5H2,(H3,17,18,19). The first kappa shape index (κ1) is 13.9. The second-order valence-corrected chi connectivity index (χ2v) is 5.38. The second-order valence-electron chi connectivity index (χ2n) is 4.47. The molecule has 0 aliphatic rings. The number of hydrogen-bond acceptors (Lipinski definition) is 3. The number of benzene rings is 1. The van der Waals surface area contributed by atoms with Crippen molar-refractivity contribution in [2.75, 3.05) is 5.73 Å². The van der Waals surface area contributed by atoms with E-state index in [4.69, 9.17) is 5.73 Å². The first-order valence-electron chi connectivity index (χ1n) is 5.88. The summed E-state index contributed by atoms with van der Waals surface area (Å²) in [6, 6.07) is 7.20. The molecule has 0 fully saturated rings. The maximum Gasteiger partial charge on any atom is 0.435 e. The van der Waals surface area contributed by atoms with Gasteiger partial charge in [-0.1, -0.05) is 28.1 Å². The Morgan fingerprint density at radius 2 is 1.90 bits per heavy atom. The molecule has 110 valence electrons. The average Bonchev–Trinajstić information content (AvgIpc) is 2.94. The number of nitrogens with one attached hydrogen (secondary N) is 1. The van der Waals surface area contributed by atoms with E-state index in [1.807, 2.05) is 0 Å². The molecule has 3 aromatic rings. The second kappa shape index (κ2) is 4.76. The summed E-state index contributed by atoms with van der Waals surface area (Å²) in [7, 11) is 0. The summed E-state index contributed by atoms with van der Waals surface area (Å²) in [6.07, 6.45) is -4.58. The molecule has 0 aliphatic carbocycles. The number of rotatable bonds is 2. The van der Waals surface area contributed by atoms with Crippen LogP contribution in [0.25, 0.3) is 11.0 Å². The molecule has 21 heavy (non-hydrogen) atoms. The highest BCUT2D eigenvalue weighted by Gasteiger charge is 2.38. The first-order valence-corrected chi connectivity index (χ1v) is 6.67. The number of nitrogens with two attached hydrogens (primary N) is 1. The van der Waals surface area contributed by atoms with Crippen LogP contribution in [0.5, 0.6) is 0 Å². The maximum atomic E-state index is 13.0. The summed E-state index contributed by atoms with van der Waals surface area (Å²) < 4.78 is 41.1. The lowest BCUT2D eigenvalue weighted by Gasteiger charge is -2.04. The third-order valence-electron chi connectivity index (χ3n) is 2.99. The smallest absolute Gasteiger partial charge is 0.383 e. The van der Waals surface area contributed by atoms with Gasteiger partial charge in [0.05, 0.1) is 11.9 Å². The highest BCUT2D eigenvalue weighted by Crippen LogP contribution is 2.35. The van der Waals surface area contributed by atoms with Crippen LogP contribution in [-0.2, 0) is 12.7 Å². The zero-order chi connectivity index (χ0) is 15.2. The molecule has 0 aliphatic heterocycles. The Morgan fingerprint density at radius 1 is 1.24 bits per heavy atom. The SMILES string of the molecule is Nc1[nH]nc2c1c(C(F)(F)F)nn2Cc1ccc(Br)cc1. The van der Waals surface area contributed by atoms with Crippen molar-refractivity contribution >= 4 is 32.8 Å². The summed E-state index contributed by atoms with van der Waals surface area (Å²) in [5, 5.41) is 9.59. The third-order valence-corrected chi connectivity index (χ3v) is 3.52. The number of anilines is 1. The molecule has 3 N–H and O–H groups in total. The summed E-state index contributed by atoms with van der Waals surface area (Å²) in [4.78, 5) is 0. The zero-order valence-corrected chi connectivity index (χ0v) is 12.0. The Morgan fingerprint density at radius 3 is 2.52 bits per heavy atom. The molecule has 2 heterocycles. The summed E-state index contributed by atoms with van der Waals surface area (Å²) in [5.74, 6) is -0.139. The molecule has 3 rings (SSSR count). The van der Waals surface area contributed by atoms with Gasteiger partial charge in [-0.05, 0) is 17.7 Å². The van der Waals surface area contributed by atoms with Gasteiger partial charge in [0.25, 0.3) is 0 Å². The van der Waals surface area contributed by atoms with E-state index in [2.05, 4.69) is 31.2 Å². The largest absolute Gasteiger partial charge is 0.435 e. The van der Waals surface area contributed by atoms with Gasteiger partial charge in [-0.2, -0.15) is 23.4 Å². The van der Waals surface area contributed by atoms with E-state index in [0.717, 1.165) is 10.0 Å². The van der Waals surface area contributed by atoms with Gasteiger partial charge in [0.15, 0.2) is 11.3 Å². The highest BCUT2D eigenvalue weighted by atomic mass is 79.9. The Labute approximate surface area is 125 Å². The fraction of sp³-hybridized carbons (Fsp3) is 0.167. The van der Waals surface area contributed by atoms with Crippen molar-refractivity contribution in [2.24, 2.45) is 0 Å². The Balaban J connectivity index is 2.09. The molecule has 0 amide bonds. The van der Waals surface area contributed by atoms with Crippen molar-refractivity contribution in [1.29, 1.82) is 0 Å². The molecule has 0 bridgehead atoms. The van der Waals surface area contributed by atoms with Crippen molar-refractivity contribution in [2.45, 2.75) is 12.7 Å². The van der Waals surface area contributed by atoms with Crippen molar-refractivity contribution in [3.05, 3.63) is 40.0 Å². The van der Waals surface area contributed by atoms with E-state index in [9.17, 15) is 13.2 Å². The van der Waals surface area contributed by atoms with Gasteiger partial charge in [0.1, 0.15) is 5.82 Å². The maximum absolute atomic E-state index is 13.0. The van der Waals surface area contributed by atoms with Gasteiger partial charge in [-0.25, -0.2) is 4.68 Å². The molecule has 1 aromatic carbocycles. The van der Waals surface area contributed by atoms with Gasteiger partial charge in [-0.15, -0.1) is 0 Å². The molecule has 9 heteroatoms. The molecule has 5 nitrogen and oxygen atoms in total. The molecule has 0 saturated carbocycles. The van der Waals surface area contributed by atoms with Gasteiger partial charge in [0.2, 0.25) is 0 Å². The first-order chi connectivity index (χ1) is 9.86. The minimum absolute atomic E-state index is 0.0859.